The summed E-state index contributed by atoms with van der Waals surface area (Å²) in [5.74, 6) is -1.97. The summed E-state index contributed by atoms with van der Waals surface area (Å²) in [4.78, 5) is 16.0. The molecule has 1 N–H and O–H groups in total. The number of carbonyl (C=O) groups is 1. The number of carbonyl (C=O) groups excluding carboxylic acids is 1. The van der Waals surface area contributed by atoms with Gasteiger partial charge in [-0.2, -0.15) is 0 Å². The van der Waals surface area contributed by atoms with Crippen molar-refractivity contribution < 1.29 is 19.0 Å². The zero-order chi connectivity index (χ0) is 15.6. The topological polar surface area (TPSA) is 58.9 Å². The molecule has 1 heterocycles. The van der Waals surface area contributed by atoms with Crippen molar-refractivity contribution in [2.45, 2.75) is 12.8 Å². The van der Waals surface area contributed by atoms with Crippen LogP contribution in [-0.4, -0.2) is 30.4 Å². The third-order valence-corrected chi connectivity index (χ3v) is 3.66. The number of rotatable bonds is 3. The van der Waals surface area contributed by atoms with Crippen molar-refractivity contribution in [3.05, 3.63) is 39.1 Å². The predicted molar refractivity (Wildman–Crippen MR) is 79.5 cm³/mol. The maximum absolute atomic E-state index is 13.6. The molecular weight excluding hydrogens is 320 g/mol. The molecule has 2 rings (SSSR count). The average molecular weight is 332 g/mol. The molecule has 0 aliphatic carbocycles. The summed E-state index contributed by atoms with van der Waals surface area (Å²) in [7, 11) is 1.19. The number of halogens is 3. The summed E-state index contributed by atoms with van der Waals surface area (Å²) in [6.07, 6.45) is 1.30. The third kappa shape index (κ3) is 3.19. The minimum absolute atomic E-state index is 0.0268. The van der Waals surface area contributed by atoms with Gasteiger partial charge in [-0.3, -0.25) is 4.99 Å². The van der Waals surface area contributed by atoms with E-state index in [0.29, 0.717) is 18.7 Å². The Bertz CT molecular complexity index is 656. The van der Waals surface area contributed by atoms with Crippen LogP contribution in [-0.2, 0) is 9.53 Å². The molecular formula is C14H12Cl2FNO3. The number of methoxy groups -OCH3 is 1. The number of benzene rings is 1. The van der Waals surface area contributed by atoms with Crippen LogP contribution in [0.2, 0.25) is 10.0 Å². The molecule has 7 heteroatoms. The summed E-state index contributed by atoms with van der Waals surface area (Å²) >= 11 is 11.6. The second-order valence-electron chi connectivity index (χ2n) is 4.39. The van der Waals surface area contributed by atoms with Gasteiger partial charge in [-0.15, -0.1) is 0 Å². The third-order valence-electron chi connectivity index (χ3n) is 3.05. The quantitative estimate of drug-likeness (QED) is 0.396. The first-order valence-corrected chi connectivity index (χ1v) is 6.91. The van der Waals surface area contributed by atoms with Gasteiger partial charge in [0.1, 0.15) is 17.1 Å². The second-order valence-corrected chi connectivity index (χ2v) is 5.21. The summed E-state index contributed by atoms with van der Waals surface area (Å²) in [5, 5.41) is 10.2. The van der Waals surface area contributed by atoms with Crippen molar-refractivity contribution in [2.24, 2.45) is 4.99 Å². The van der Waals surface area contributed by atoms with Crippen molar-refractivity contribution in [3.8, 4) is 0 Å². The van der Waals surface area contributed by atoms with Crippen LogP contribution in [0.5, 0.6) is 0 Å². The van der Waals surface area contributed by atoms with Gasteiger partial charge >= 0.3 is 5.97 Å². The molecule has 0 aromatic heterocycles. The molecule has 4 nitrogen and oxygen atoms in total. The van der Waals surface area contributed by atoms with Gasteiger partial charge in [-0.25, -0.2) is 9.18 Å². The molecule has 0 saturated carbocycles. The zero-order valence-electron chi connectivity index (χ0n) is 11.1. The molecule has 1 aliphatic heterocycles. The molecule has 0 atom stereocenters. The number of aliphatic hydroxyl groups excluding tert-OH is 1. The molecule has 0 amide bonds. The Kier molecular flexibility index (Phi) is 4.85. The first-order chi connectivity index (χ1) is 9.95. The normalized spacial score (nSPS) is 15.5. The van der Waals surface area contributed by atoms with E-state index in [1.807, 2.05) is 0 Å². The van der Waals surface area contributed by atoms with Crippen LogP contribution < -0.4 is 0 Å². The van der Waals surface area contributed by atoms with Crippen LogP contribution in [0.1, 0.15) is 18.4 Å². The molecule has 0 unspecified atom stereocenters. The number of hydrogen-bond acceptors (Lipinski definition) is 4. The van der Waals surface area contributed by atoms with Crippen LogP contribution in [0, 0.1) is 5.82 Å². The van der Waals surface area contributed by atoms with E-state index in [-0.39, 0.29) is 21.2 Å². The Morgan fingerprint density at radius 3 is 2.67 bits per heavy atom. The smallest absolute Gasteiger partial charge is 0.343 e. The van der Waals surface area contributed by atoms with E-state index in [9.17, 15) is 14.3 Å². The highest BCUT2D eigenvalue weighted by Crippen LogP contribution is 2.31. The average Bonchev–Trinajstić information content (AvgIpc) is 2.96. The Morgan fingerprint density at radius 2 is 2.10 bits per heavy atom. The number of hydrogen-bond donors (Lipinski definition) is 1. The molecule has 1 aliphatic rings. The predicted octanol–water partition coefficient (Wildman–Crippen LogP) is 3.81. The minimum atomic E-state index is -0.750. The second kappa shape index (κ2) is 6.45. The Balaban J connectivity index is 2.61. The fraction of sp³-hybridized carbons (Fsp3) is 0.286. The molecule has 0 bridgehead atoms. The van der Waals surface area contributed by atoms with E-state index in [0.717, 1.165) is 18.6 Å². The summed E-state index contributed by atoms with van der Waals surface area (Å²) < 4.78 is 18.2. The van der Waals surface area contributed by atoms with Crippen LogP contribution >= 0.6 is 23.2 Å². The van der Waals surface area contributed by atoms with E-state index >= 15 is 0 Å². The van der Waals surface area contributed by atoms with Crippen molar-refractivity contribution in [3.63, 3.8) is 0 Å². The number of aliphatic imine (C=N–C) groups is 1. The van der Waals surface area contributed by atoms with E-state index < -0.39 is 17.5 Å². The lowest BCUT2D eigenvalue weighted by molar-refractivity contribution is -0.135. The molecule has 0 spiro atoms. The number of ether oxygens (including phenoxy) is 1. The van der Waals surface area contributed by atoms with Gasteiger partial charge in [0, 0.05) is 12.1 Å². The van der Waals surface area contributed by atoms with Gasteiger partial charge in [-0.05, 0) is 25.0 Å². The van der Waals surface area contributed by atoms with Gasteiger partial charge in [0.25, 0.3) is 0 Å². The molecule has 21 heavy (non-hydrogen) atoms. The number of aliphatic hydroxyl groups is 1. The fourth-order valence-electron chi connectivity index (χ4n) is 2.04. The van der Waals surface area contributed by atoms with Gasteiger partial charge in [0.2, 0.25) is 0 Å². The lowest BCUT2D eigenvalue weighted by atomic mass is 10.0. The lowest BCUT2D eigenvalue weighted by Gasteiger charge is -2.11. The van der Waals surface area contributed by atoms with Crippen LogP contribution in [0.3, 0.4) is 0 Å². The summed E-state index contributed by atoms with van der Waals surface area (Å²) in [5.41, 5.74) is 0.290. The number of esters is 1. The first kappa shape index (κ1) is 15.8. The van der Waals surface area contributed by atoms with Gasteiger partial charge in [0.15, 0.2) is 0 Å². The van der Waals surface area contributed by atoms with Crippen molar-refractivity contribution >= 4 is 40.6 Å². The van der Waals surface area contributed by atoms with Crippen molar-refractivity contribution in [1.82, 2.24) is 0 Å². The van der Waals surface area contributed by atoms with E-state index in [4.69, 9.17) is 23.2 Å². The van der Waals surface area contributed by atoms with Gasteiger partial charge in [-0.1, -0.05) is 23.2 Å². The molecule has 1 aromatic rings. The molecule has 0 fully saturated rings. The first-order valence-electron chi connectivity index (χ1n) is 6.16. The SMILES string of the molecule is COC(=O)/C(C1=NCCC1)=C(/O)c1cc(F)c(Cl)cc1Cl. The fourth-order valence-corrected chi connectivity index (χ4v) is 2.51. The minimum Gasteiger partial charge on any atom is -0.506 e. The van der Waals surface area contributed by atoms with E-state index in [2.05, 4.69) is 9.73 Å². The van der Waals surface area contributed by atoms with E-state index in [1.165, 1.54) is 7.11 Å². The maximum atomic E-state index is 13.6. The highest BCUT2D eigenvalue weighted by Gasteiger charge is 2.26. The van der Waals surface area contributed by atoms with Crippen molar-refractivity contribution in [2.75, 3.05) is 13.7 Å². The van der Waals surface area contributed by atoms with Crippen molar-refractivity contribution in [1.29, 1.82) is 0 Å². The number of nitrogens with zero attached hydrogens (tertiary/aromatic N) is 1. The van der Waals surface area contributed by atoms with Gasteiger partial charge < -0.3 is 9.84 Å². The van der Waals surface area contributed by atoms with Gasteiger partial charge in [0.05, 0.1) is 22.9 Å². The standard InChI is InChI=1S/C14H12Cl2FNO3/c1-21-14(20)12(11-3-2-4-18-11)13(19)7-5-10(17)9(16)6-8(7)15/h5-6,19H,2-4H2,1H3/b13-12+. The van der Waals surface area contributed by atoms with Crippen LogP contribution in [0.25, 0.3) is 5.76 Å². The van der Waals surface area contributed by atoms with Crippen LogP contribution in [0.4, 0.5) is 4.39 Å². The zero-order valence-corrected chi connectivity index (χ0v) is 12.6. The summed E-state index contributed by atoms with van der Waals surface area (Å²) in [6, 6.07) is 2.13. The summed E-state index contributed by atoms with van der Waals surface area (Å²) in [6.45, 7) is 0.561. The largest absolute Gasteiger partial charge is 0.506 e. The highest BCUT2D eigenvalue weighted by atomic mass is 35.5. The monoisotopic (exact) mass is 331 g/mol. The Hall–Kier alpha value is -1.59. The van der Waals surface area contributed by atoms with E-state index in [1.54, 1.807) is 0 Å². The lowest BCUT2D eigenvalue weighted by Crippen LogP contribution is -2.15. The van der Waals surface area contributed by atoms with Crippen LogP contribution in [0.15, 0.2) is 22.7 Å². The molecule has 112 valence electrons. The molecule has 0 radical (unpaired) electrons. The molecule has 1 aromatic carbocycles. The Labute approximate surface area is 130 Å². The molecule has 0 saturated heterocycles. The Morgan fingerprint density at radius 1 is 1.38 bits per heavy atom. The highest BCUT2D eigenvalue weighted by molar-refractivity contribution is 6.36. The maximum Gasteiger partial charge on any atom is 0.343 e.